The highest BCUT2D eigenvalue weighted by atomic mass is 32.2. The molecule has 0 saturated carbocycles. The molecule has 1 aromatic rings. The Labute approximate surface area is 111 Å². The van der Waals surface area contributed by atoms with Gasteiger partial charge < -0.3 is 5.32 Å². The lowest BCUT2D eigenvalue weighted by molar-refractivity contribution is 0.601. The molecule has 2 aliphatic heterocycles. The number of aryl methyl sites for hydroxylation is 1. The van der Waals surface area contributed by atoms with Gasteiger partial charge in [0.15, 0.2) is 15.0 Å². The third-order valence-electron chi connectivity index (χ3n) is 3.09. The Morgan fingerprint density at radius 1 is 1.39 bits per heavy atom. The highest BCUT2D eigenvalue weighted by Gasteiger charge is 2.42. The van der Waals surface area contributed by atoms with Crippen LogP contribution in [0.5, 0.6) is 0 Å². The lowest BCUT2D eigenvalue weighted by atomic mass is 10.2. The van der Waals surface area contributed by atoms with Gasteiger partial charge in [-0.1, -0.05) is 23.9 Å². The summed E-state index contributed by atoms with van der Waals surface area (Å²) in [5.74, 6) is 0.453. The van der Waals surface area contributed by atoms with Gasteiger partial charge in [0.25, 0.3) is 0 Å². The van der Waals surface area contributed by atoms with E-state index in [0.717, 1.165) is 10.9 Å². The molecule has 0 spiro atoms. The van der Waals surface area contributed by atoms with Crippen LogP contribution in [-0.4, -0.2) is 36.4 Å². The normalized spacial score (nSPS) is 28.8. The maximum absolute atomic E-state index is 11.5. The van der Waals surface area contributed by atoms with E-state index in [9.17, 15) is 8.42 Å². The molecule has 0 radical (unpaired) electrons. The highest BCUT2D eigenvalue weighted by Crippen LogP contribution is 2.34. The molecule has 2 atom stereocenters. The minimum absolute atomic E-state index is 0.0627. The second kappa shape index (κ2) is 4.28. The molecule has 96 valence electrons. The van der Waals surface area contributed by atoms with Crippen LogP contribution in [0.1, 0.15) is 5.56 Å². The van der Waals surface area contributed by atoms with E-state index in [2.05, 4.69) is 10.3 Å². The van der Waals surface area contributed by atoms with E-state index < -0.39 is 9.84 Å². The topological polar surface area (TPSA) is 58.5 Å². The first-order valence-electron chi connectivity index (χ1n) is 5.80. The van der Waals surface area contributed by atoms with Crippen LogP contribution in [0, 0.1) is 6.92 Å². The zero-order valence-corrected chi connectivity index (χ0v) is 11.6. The van der Waals surface area contributed by atoms with E-state index in [1.54, 1.807) is 11.8 Å². The third-order valence-corrected chi connectivity index (χ3v) is 6.23. The van der Waals surface area contributed by atoms with Gasteiger partial charge >= 0.3 is 0 Å². The van der Waals surface area contributed by atoms with E-state index in [1.807, 2.05) is 31.2 Å². The van der Waals surface area contributed by atoms with Crippen LogP contribution in [0.2, 0.25) is 0 Å². The van der Waals surface area contributed by atoms with E-state index in [-0.39, 0.29) is 22.8 Å². The van der Waals surface area contributed by atoms with Crippen LogP contribution in [0.25, 0.3) is 0 Å². The number of sulfone groups is 1. The molecule has 2 unspecified atom stereocenters. The Morgan fingerprint density at radius 3 is 2.94 bits per heavy atom. The number of nitrogens with one attached hydrogen (secondary N) is 1. The minimum atomic E-state index is -2.86. The average molecular weight is 282 g/mol. The molecule has 0 aliphatic carbocycles. The first kappa shape index (κ1) is 12.0. The largest absolute Gasteiger partial charge is 0.335 e. The van der Waals surface area contributed by atoms with E-state index >= 15 is 0 Å². The Morgan fingerprint density at radius 2 is 2.22 bits per heavy atom. The highest BCUT2D eigenvalue weighted by molar-refractivity contribution is 8.15. The van der Waals surface area contributed by atoms with E-state index in [4.69, 9.17) is 0 Å². The van der Waals surface area contributed by atoms with Crippen molar-refractivity contribution in [3.8, 4) is 0 Å². The number of amidine groups is 1. The smallest absolute Gasteiger partial charge is 0.161 e. The molecule has 2 aliphatic rings. The number of benzene rings is 1. The van der Waals surface area contributed by atoms with Crippen molar-refractivity contribution in [2.75, 3.05) is 16.8 Å². The molecule has 4 nitrogen and oxygen atoms in total. The van der Waals surface area contributed by atoms with Gasteiger partial charge in [-0.2, -0.15) is 0 Å². The molecule has 18 heavy (non-hydrogen) atoms. The van der Waals surface area contributed by atoms with Crippen molar-refractivity contribution >= 4 is 32.5 Å². The summed E-state index contributed by atoms with van der Waals surface area (Å²) in [5.41, 5.74) is 2.19. The number of thioether (sulfide) groups is 1. The summed E-state index contributed by atoms with van der Waals surface area (Å²) in [5, 5.41) is 4.19. The van der Waals surface area contributed by atoms with Crippen molar-refractivity contribution in [1.82, 2.24) is 0 Å². The first-order chi connectivity index (χ1) is 8.52. The zero-order valence-electron chi connectivity index (χ0n) is 9.96. The Kier molecular flexibility index (Phi) is 2.86. The van der Waals surface area contributed by atoms with Crippen molar-refractivity contribution in [3.63, 3.8) is 0 Å². The van der Waals surface area contributed by atoms with Gasteiger partial charge in [0.05, 0.1) is 17.5 Å². The molecular formula is C12H14N2O2S2. The van der Waals surface area contributed by atoms with Crippen molar-refractivity contribution in [2.45, 2.75) is 18.2 Å². The summed E-state index contributed by atoms with van der Waals surface area (Å²) in [6.45, 7) is 2.04. The molecule has 2 heterocycles. The van der Waals surface area contributed by atoms with Crippen LogP contribution in [0.15, 0.2) is 29.3 Å². The predicted octanol–water partition coefficient (Wildman–Crippen LogP) is 1.68. The molecule has 0 bridgehead atoms. The van der Waals surface area contributed by atoms with Crippen LogP contribution in [0.3, 0.4) is 0 Å². The molecule has 1 N–H and O–H groups in total. The zero-order chi connectivity index (χ0) is 12.8. The standard InChI is InChI=1S/C12H14N2O2S2/c1-8-3-2-4-9(5-8)13-12-14-10-6-18(15,16)7-11(10)17-12/h2-5,10-11H,6-7H2,1H3,(H,13,14). The fourth-order valence-electron chi connectivity index (χ4n) is 2.26. The van der Waals surface area contributed by atoms with Crippen molar-refractivity contribution in [2.24, 2.45) is 4.99 Å². The lowest BCUT2D eigenvalue weighted by Gasteiger charge is -2.07. The summed E-state index contributed by atoms with van der Waals surface area (Å²) >= 11 is 1.54. The number of hydrogen-bond donors (Lipinski definition) is 1. The number of nitrogens with zero attached hydrogens (tertiary/aromatic N) is 1. The predicted molar refractivity (Wildman–Crippen MR) is 76.1 cm³/mol. The van der Waals surface area contributed by atoms with Gasteiger partial charge in [-0.3, -0.25) is 4.99 Å². The van der Waals surface area contributed by atoms with Gasteiger partial charge in [0, 0.05) is 10.9 Å². The van der Waals surface area contributed by atoms with Crippen molar-refractivity contribution in [3.05, 3.63) is 29.8 Å². The fourth-order valence-corrected chi connectivity index (χ4v) is 5.94. The second-order valence-electron chi connectivity index (χ2n) is 4.73. The molecular weight excluding hydrogens is 268 g/mol. The summed E-state index contributed by atoms with van der Waals surface area (Å²) in [6, 6.07) is 8.00. The van der Waals surface area contributed by atoms with Crippen LogP contribution >= 0.6 is 11.8 Å². The van der Waals surface area contributed by atoms with Gasteiger partial charge in [-0.05, 0) is 24.6 Å². The lowest BCUT2D eigenvalue weighted by Crippen LogP contribution is -2.13. The fraction of sp³-hybridized carbons (Fsp3) is 0.417. The van der Waals surface area contributed by atoms with Crippen molar-refractivity contribution in [1.29, 1.82) is 0 Å². The third kappa shape index (κ3) is 2.40. The molecule has 6 heteroatoms. The van der Waals surface area contributed by atoms with Crippen molar-refractivity contribution < 1.29 is 8.42 Å². The number of fused-ring (bicyclic) bond motifs is 1. The van der Waals surface area contributed by atoms with Gasteiger partial charge in [-0.25, -0.2) is 8.42 Å². The van der Waals surface area contributed by atoms with Gasteiger partial charge in [0.2, 0.25) is 0 Å². The summed E-state index contributed by atoms with van der Waals surface area (Å²) in [6.07, 6.45) is 0. The Bertz CT molecular complexity index is 610. The summed E-state index contributed by atoms with van der Waals surface area (Å²) < 4.78 is 22.9. The number of hydrogen-bond acceptors (Lipinski definition) is 5. The monoisotopic (exact) mass is 282 g/mol. The van der Waals surface area contributed by atoms with Gasteiger partial charge in [-0.15, -0.1) is 0 Å². The molecule has 1 fully saturated rings. The first-order valence-corrected chi connectivity index (χ1v) is 8.50. The van der Waals surface area contributed by atoms with Gasteiger partial charge in [0.1, 0.15) is 0 Å². The summed E-state index contributed by atoms with van der Waals surface area (Å²) in [4.78, 5) is 4.46. The Balaban J connectivity index is 1.74. The average Bonchev–Trinajstić information content (AvgIpc) is 2.70. The van der Waals surface area contributed by atoms with Crippen LogP contribution in [-0.2, 0) is 9.84 Å². The van der Waals surface area contributed by atoms with E-state index in [0.29, 0.717) is 0 Å². The second-order valence-corrected chi connectivity index (χ2v) is 8.11. The Hall–Kier alpha value is -1.01. The summed E-state index contributed by atoms with van der Waals surface area (Å²) in [7, 11) is -2.86. The molecule has 0 amide bonds. The molecule has 1 saturated heterocycles. The van der Waals surface area contributed by atoms with Crippen LogP contribution in [0.4, 0.5) is 5.69 Å². The minimum Gasteiger partial charge on any atom is -0.335 e. The number of rotatable bonds is 1. The molecule has 1 aromatic carbocycles. The quantitative estimate of drug-likeness (QED) is 0.851. The van der Waals surface area contributed by atoms with Crippen LogP contribution < -0.4 is 5.32 Å². The number of aliphatic imine (C=N–C) groups is 1. The molecule has 0 aromatic heterocycles. The molecule has 3 rings (SSSR count). The maximum atomic E-state index is 11.5. The SMILES string of the molecule is Cc1cccc(NC2=NC3CS(=O)(=O)CC3S2)c1. The number of anilines is 1. The maximum Gasteiger partial charge on any atom is 0.161 e. The van der Waals surface area contributed by atoms with E-state index in [1.165, 1.54) is 5.56 Å².